The second kappa shape index (κ2) is 5.15. The van der Waals surface area contributed by atoms with Gasteiger partial charge in [0.05, 0.1) is 0 Å². The van der Waals surface area contributed by atoms with Crippen molar-refractivity contribution in [3.8, 4) is 0 Å². The summed E-state index contributed by atoms with van der Waals surface area (Å²) in [6.07, 6.45) is 2.06. The van der Waals surface area contributed by atoms with E-state index in [1.807, 2.05) is 0 Å². The maximum Gasteiger partial charge on any atom is 0.132 e. The normalized spacial score (nSPS) is 20.1. The Morgan fingerprint density at radius 2 is 2.20 bits per heavy atom. The van der Waals surface area contributed by atoms with E-state index in [1.165, 1.54) is 0 Å². The second-order valence-electron chi connectivity index (χ2n) is 3.74. The molecule has 0 spiro atoms. The van der Waals surface area contributed by atoms with Crippen molar-refractivity contribution in [2.24, 2.45) is 0 Å². The monoisotopic (exact) mass is 249 g/mol. The molecule has 0 aromatic heterocycles. The molecule has 1 aliphatic heterocycles. The molecule has 1 aromatic carbocycles. The maximum absolute atomic E-state index is 13.8. The molecule has 4 heteroatoms. The van der Waals surface area contributed by atoms with E-state index in [0.29, 0.717) is 16.1 Å². The van der Waals surface area contributed by atoms with E-state index in [9.17, 15) is 4.39 Å². The molecule has 1 nitrogen and oxygen atoms in total. The van der Waals surface area contributed by atoms with Gasteiger partial charge in [-0.25, -0.2) is 4.39 Å². The predicted molar refractivity (Wildman–Crippen MR) is 63.4 cm³/mol. The van der Waals surface area contributed by atoms with E-state index in [0.717, 1.165) is 19.4 Å². The fourth-order valence-corrected chi connectivity index (χ4v) is 2.21. The number of benzene rings is 1. The quantitative estimate of drug-likeness (QED) is 0.802. The molecule has 1 N–H and O–H groups in total. The van der Waals surface area contributed by atoms with Crippen molar-refractivity contribution >= 4 is 24.0 Å². The number of hydrogen-bond acceptors (Lipinski definition) is 1. The molecule has 0 bridgehead atoms. The lowest BCUT2D eigenvalue weighted by atomic mass is 10.0. The molecule has 1 saturated heterocycles. The molecule has 15 heavy (non-hydrogen) atoms. The average molecular weight is 250 g/mol. The van der Waals surface area contributed by atoms with Crippen LogP contribution < -0.4 is 5.32 Å². The van der Waals surface area contributed by atoms with Gasteiger partial charge in [-0.2, -0.15) is 0 Å². The van der Waals surface area contributed by atoms with Crippen molar-refractivity contribution in [2.45, 2.75) is 25.8 Å². The Kier molecular flexibility index (Phi) is 4.38. The summed E-state index contributed by atoms with van der Waals surface area (Å²) in [5.41, 5.74) is 1.31. The number of hydrogen-bond donors (Lipinski definition) is 1. The van der Waals surface area contributed by atoms with Gasteiger partial charge in [-0.1, -0.05) is 17.7 Å². The summed E-state index contributed by atoms with van der Waals surface area (Å²) < 4.78 is 13.8. The van der Waals surface area contributed by atoms with Gasteiger partial charge >= 0.3 is 0 Å². The Bertz CT molecular complexity index is 349. The Hall–Kier alpha value is -0.310. The third kappa shape index (κ3) is 2.44. The van der Waals surface area contributed by atoms with Gasteiger partial charge in [0.15, 0.2) is 0 Å². The number of rotatable bonds is 1. The topological polar surface area (TPSA) is 12.0 Å². The Labute approximate surface area is 100 Å². The first-order valence-corrected chi connectivity index (χ1v) is 5.26. The summed E-state index contributed by atoms with van der Waals surface area (Å²) in [7, 11) is 0. The van der Waals surface area contributed by atoms with Gasteiger partial charge in [-0.3, -0.25) is 0 Å². The second-order valence-corrected chi connectivity index (χ2v) is 4.15. The first-order valence-electron chi connectivity index (χ1n) is 4.88. The van der Waals surface area contributed by atoms with Crippen LogP contribution in [0.2, 0.25) is 5.02 Å². The maximum atomic E-state index is 13.8. The van der Waals surface area contributed by atoms with Crippen LogP contribution in [0.1, 0.15) is 30.0 Å². The Balaban J connectivity index is 0.00000112. The molecule has 1 atom stereocenters. The minimum atomic E-state index is -0.156. The van der Waals surface area contributed by atoms with Gasteiger partial charge in [0.1, 0.15) is 5.82 Å². The van der Waals surface area contributed by atoms with Crippen molar-refractivity contribution in [1.82, 2.24) is 5.32 Å². The van der Waals surface area contributed by atoms with E-state index in [2.05, 4.69) is 5.32 Å². The summed E-state index contributed by atoms with van der Waals surface area (Å²) in [6, 6.07) is 3.59. The molecule has 1 aromatic rings. The van der Waals surface area contributed by atoms with Gasteiger partial charge in [0.25, 0.3) is 0 Å². The molecule has 84 valence electrons. The lowest BCUT2D eigenvalue weighted by Gasteiger charge is -2.14. The smallest absolute Gasteiger partial charge is 0.132 e. The van der Waals surface area contributed by atoms with Crippen LogP contribution in [0.25, 0.3) is 0 Å². The predicted octanol–water partition coefficient (Wildman–Crippen LogP) is 3.63. The molecule has 0 aliphatic carbocycles. The number of nitrogens with one attached hydrogen (secondary N) is 1. The van der Waals surface area contributed by atoms with Crippen molar-refractivity contribution in [3.05, 3.63) is 34.1 Å². The summed E-state index contributed by atoms with van der Waals surface area (Å²) in [4.78, 5) is 0. The zero-order valence-corrected chi connectivity index (χ0v) is 10.1. The standard InChI is InChI=1S/C11H13ClFN.ClH/c1-7-4-5-8(12)10(11(7)13)9-3-2-6-14-9;/h4-5,9,14H,2-3,6H2,1H3;1H/t9-;/m1./s1. The van der Waals surface area contributed by atoms with E-state index in [4.69, 9.17) is 11.6 Å². The highest BCUT2D eigenvalue weighted by Crippen LogP contribution is 2.32. The summed E-state index contributed by atoms with van der Waals surface area (Å²) in [5.74, 6) is -0.156. The highest BCUT2D eigenvalue weighted by Gasteiger charge is 2.22. The van der Waals surface area contributed by atoms with Gasteiger partial charge in [-0.05, 0) is 37.9 Å². The van der Waals surface area contributed by atoms with E-state index in [-0.39, 0.29) is 24.3 Å². The van der Waals surface area contributed by atoms with Crippen molar-refractivity contribution in [2.75, 3.05) is 6.54 Å². The first-order chi connectivity index (χ1) is 6.70. The minimum Gasteiger partial charge on any atom is -0.310 e. The number of aryl methyl sites for hydroxylation is 1. The molecule has 1 fully saturated rings. The zero-order valence-electron chi connectivity index (χ0n) is 8.52. The zero-order chi connectivity index (χ0) is 10.1. The van der Waals surface area contributed by atoms with Crippen LogP contribution in [0.15, 0.2) is 12.1 Å². The summed E-state index contributed by atoms with van der Waals surface area (Å²) >= 11 is 6.00. The molecular formula is C11H14Cl2FN. The lowest BCUT2D eigenvalue weighted by molar-refractivity contribution is 0.553. The largest absolute Gasteiger partial charge is 0.310 e. The molecule has 1 aliphatic rings. The fraction of sp³-hybridized carbons (Fsp3) is 0.455. The van der Waals surface area contributed by atoms with Crippen LogP contribution >= 0.6 is 24.0 Å². The van der Waals surface area contributed by atoms with E-state index >= 15 is 0 Å². The van der Waals surface area contributed by atoms with Crippen molar-refractivity contribution in [3.63, 3.8) is 0 Å². The van der Waals surface area contributed by atoms with Crippen LogP contribution in [0.3, 0.4) is 0 Å². The molecule has 2 rings (SSSR count). The average Bonchev–Trinajstić information content (AvgIpc) is 2.65. The summed E-state index contributed by atoms with van der Waals surface area (Å²) in [5, 5.41) is 3.79. The van der Waals surface area contributed by atoms with Gasteiger partial charge < -0.3 is 5.32 Å². The first kappa shape index (κ1) is 12.8. The highest BCUT2D eigenvalue weighted by molar-refractivity contribution is 6.31. The molecule has 0 radical (unpaired) electrons. The van der Waals surface area contributed by atoms with Crippen LogP contribution in [0.5, 0.6) is 0 Å². The van der Waals surface area contributed by atoms with Gasteiger partial charge in [0, 0.05) is 16.6 Å². The fourth-order valence-electron chi connectivity index (χ4n) is 1.93. The molecule has 1 heterocycles. The number of halogens is 3. The highest BCUT2D eigenvalue weighted by atomic mass is 35.5. The van der Waals surface area contributed by atoms with Crippen LogP contribution in [-0.4, -0.2) is 6.54 Å². The molecule has 0 saturated carbocycles. The van der Waals surface area contributed by atoms with E-state index in [1.54, 1.807) is 19.1 Å². The summed E-state index contributed by atoms with van der Waals surface area (Å²) in [6.45, 7) is 2.72. The third-order valence-corrected chi connectivity index (χ3v) is 3.06. The van der Waals surface area contributed by atoms with Gasteiger partial charge in [0.2, 0.25) is 0 Å². The molecule has 0 unspecified atom stereocenters. The van der Waals surface area contributed by atoms with Crippen molar-refractivity contribution in [1.29, 1.82) is 0 Å². The molecular weight excluding hydrogens is 236 g/mol. The Morgan fingerprint density at radius 3 is 2.80 bits per heavy atom. The van der Waals surface area contributed by atoms with E-state index < -0.39 is 0 Å². The lowest BCUT2D eigenvalue weighted by Crippen LogP contribution is -2.15. The Morgan fingerprint density at radius 1 is 1.47 bits per heavy atom. The SMILES string of the molecule is Cc1ccc(Cl)c([C@H]2CCCN2)c1F.Cl. The third-order valence-electron chi connectivity index (χ3n) is 2.73. The van der Waals surface area contributed by atoms with Crippen molar-refractivity contribution < 1.29 is 4.39 Å². The van der Waals surface area contributed by atoms with Gasteiger partial charge in [-0.15, -0.1) is 12.4 Å². The van der Waals surface area contributed by atoms with Crippen LogP contribution in [0, 0.1) is 12.7 Å². The molecule has 0 amide bonds. The minimum absolute atomic E-state index is 0. The van der Waals surface area contributed by atoms with Crippen LogP contribution in [-0.2, 0) is 0 Å². The van der Waals surface area contributed by atoms with Crippen LogP contribution in [0.4, 0.5) is 4.39 Å².